The molecular formula is C14H14BrNO. The molecule has 0 saturated carbocycles. The fourth-order valence-electron chi connectivity index (χ4n) is 1.57. The van der Waals surface area contributed by atoms with Crippen molar-refractivity contribution >= 4 is 21.6 Å². The molecule has 0 heterocycles. The van der Waals surface area contributed by atoms with Gasteiger partial charge in [-0.2, -0.15) is 0 Å². The van der Waals surface area contributed by atoms with Crippen LogP contribution < -0.4 is 10.5 Å². The maximum atomic E-state index is 5.86. The van der Waals surface area contributed by atoms with E-state index in [4.69, 9.17) is 10.5 Å². The van der Waals surface area contributed by atoms with Crippen LogP contribution in [0.3, 0.4) is 0 Å². The van der Waals surface area contributed by atoms with Crippen LogP contribution in [0.4, 0.5) is 5.69 Å². The topological polar surface area (TPSA) is 35.2 Å². The van der Waals surface area contributed by atoms with Crippen LogP contribution in [-0.4, -0.2) is 6.61 Å². The van der Waals surface area contributed by atoms with E-state index in [-0.39, 0.29) is 0 Å². The fraction of sp³-hybridized carbons (Fsp3) is 0.143. The molecule has 2 nitrogen and oxygen atoms in total. The molecule has 2 aromatic carbocycles. The molecule has 0 aliphatic heterocycles. The molecule has 17 heavy (non-hydrogen) atoms. The first-order valence-electron chi connectivity index (χ1n) is 5.47. The minimum atomic E-state index is 0.635. The van der Waals surface area contributed by atoms with Crippen LogP contribution in [0.1, 0.15) is 5.56 Å². The Balaban J connectivity index is 1.88. The average Bonchev–Trinajstić information content (AvgIpc) is 2.34. The van der Waals surface area contributed by atoms with Gasteiger partial charge in [-0.15, -0.1) is 0 Å². The minimum Gasteiger partial charge on any atom is -0.493 e. The summed E-state index contributed by atoms with van der Waals surface area (Å²) in [6.07, 6.45) is 0.822. The monoisotopic (exact) mass is 291 g/mol. The van der Waals surface area contributed by atoms with Crippen molar-refractivity contribution in [2.75, 3.05) is 12.3 Å². The Morgan fingerprint density at radius 2 is 1.71 bits per heavy atom. The second-order valence-corrected chi connectivity index (χ2v) is 4.67. The van der Waals surface area contributed by atoms with Crippen molar-refractivity contribution in [1.82, 2.24) is 0 Å². The van der Waals surface area contributed by atoms with Gasteiger partial charge in [-0.1, -0.05) is 34.1 Å². The van der Waals surface area contributed by atoms with Crippen LogP contribution in [0, 0.1) is 0 Å². The van der Waals surface area contributed by atoms with E-state index in [9.17, 15) is 0 Å². The van der Waals surface area contributed by atoms with Gasteiger partial charge in [-0.05, 0) is 35.9 Å². The highest BCUT2D eigenvalue weighted by atomic mass is 79.9. The summed E-state index contributed by atoms with van der Waals surface area (Å²) in [5.74, 6) is 0.878. The highest BCUT2D eigenvalue weighted by Crippen LogP contribution is 2.17. The smallest absolute Gasteiger partial charge is 0.119 e. The van der Waals surface area contributed by atoms with Crippen molar-refractivity contribution in [3.05, 3.63) is 58.6 Å². The van der Waals surface area contributed by atoms with E-state index in [2.05, 4.69) is 15.9 Å². The minimum absolute atomic E-state index is 0.635. The van der Waals surface area contributed by atoms with Gasteiger partial charge >= 0.3 is 0 Å². The third-order valence-electron chi connectivity index (χ3n) is 2.51. The number of ether oxygens (including phenoxy) is 1. The number of hydrogen-bond acceptors (Lipinski definition) is 2. The van der Waals surface area contributed by atoms with Gasteiger partial charge in [0, 0.05) is 16.6 Å². The largest absolute Gasteiger partial charge is 0.493 e. The number of benzene rings is 2. The fourth-order valence-corrected chi connectivity index (χ4v) is 1.84. The van der Waals surface area contributed by atoms with Gasteiger partial charge in [0.05, 0.1) is 6.61 Å². The molecule has 0 fully saturated rings. The van der Waals surface area contributed by atoms with Crippen LogP contribution in [-0.2, 0) is 6.42 Å². The zero-order valence-corrected chi connectivity index (χ0v) is 11.0. The lowest BCUT2D eigenvalue weighted by Crippen LogP contribution is -2.03. The van der Waals surface area contributed by atoms with Crippen molar-refractivity contribution in [3.8, 4) is 5.75 Å². The van der Waals surface area contributed by atoms with Crippen LogP contribution in [0.25, 0.3) is 0 Å². The number of rotatable bonds is 4. The molecule has 0 saturated heterocycles. The molecule has 0 amide bonds. The van der Waals surface area contributed by atoms with E-state index in [0.717, 1.165) is 27.9 Å². The molecule has 2 rings (SSSR count). The number of hydrogen-bond donors (Lipinski definition) is 1. The molecule has 0 aromatic heterocycles. The normalized spacial score (nSPS) is 10.2. The zero-order chi connectivity index (χ0) is 12.1. The second-order valence-electron chi connectivity index (χ2n) is 3.75. The molecule has 0 bridgehead atoms. The highest BCUT2D eigenvalue weighted by Gasteiger charge is 1.98. The first kappa shape index (κ1) is 12.0. The van der Waals surface area contributed by atoms with Crippen molar-refractivity contribution < 1.29 is 4.74 Å². The summed E-state index contributed by atoms with van der Waals surface area (Å²) in [6.45, 7) is 0.635. The number of halogens is 1. The molecule has 2 N–H and O–H groups in total. The van der Waals surface area contributed by atoms with Crippen LogP contribution in [0.5, 0.6) is 5.75 Å². The lowest BCUT2D eigenvalue weighted by Gasteiger charge is -2.07. The zero-order valence-electron chi connectivity index (χ0n) is 9.40. The van der Waals surface area contributed by atoms with Gasteiger partial charge < -0.3 is 10.5 Å². The van der Waals surface area contributed by atoms with Gasteiger partial charge in [0.2, 0.25) is 0 Å². The van der Waals surface area contributed by atoms with Gasteiger partial charge in [-0.3, -0.25) is 0 Å². The number of nitrogen functional groups attached to an aromatic ring is 1. The summed E-state index contributed by atoms with van der Waals surface area (Å²) in [5.41, 5.74) is 7.81. The Hall–Kier alpha value is -1.48. The van der Waals surface area contributed by atoms with Crippen molar-refractivity contribution in [1.29, 1.82) is 0 Å². The first-order chi connectivity index (χ1) is 8.25. The number of nitrogens with two attached hydrogens (primary N) is 1. The van der Waals surface area contributed by atoms with Crippen LogP contribution in [0.15, 0.2) is 53.0 Å². The predicted molar refractivity (Wildman–Crippen MR) is 74.2 cm³/mol. The molecule has 0 atom stereocenters. The molecular weight excluding hydrogens is 278 g/mol. The van der Waals surface area contributed by atoms with E-state index in [1.165, 1.54) is 0 Å². The molecule has 0 unspecified atom stereocenters. The molecule has 0 aliphatic rings. The Kier molecular flexibility index (Phi) is 4.04. The standard InChI is InChI=1S/C14H14BrNO/c15-12-5-7-13(8-6-12)17-10-9-11-3-1-2-4-14(11)16/h1-8H,9-10,16H2. The highest BCUT2D eigenvalue weighted by molar-refractivity contribution is 9.10. The molecule has 0 spiro atoms. The van der Waals surface area contributed by atoms with E-state index in [1.807, 2.05) is 48.5 Å². The van der Waals surface area contributed by atoms with Crippen LogP contribution in [0.2, 0.25) is 0 Å². The molecule has 88 valence electrons. The van der Waals surface area contributed by atoms with Gasteiger partial charge in [0.15, 0.2) is 0 Å². The Bertz CT molecular complexity index is 482. The van der Waals surface area contributed by atoms with Gasteiger partial charge in [0.25, 0.3) is 0 Å². The molecule has 0 aliphatic carbocycles. The Labute approximate surface area is 110 Å². The Morgan fingerprint density at radius 3 is 2.41 bits per heavy atom. The van der Waals surface area contributed by atoms with E-state index < -0.39 is 0 Å². The van der Waals surface area contributed by atoms with Crippen LogP contribution >= 0.6 is 15.9 Å². The maximum absolute atomic E-state index is 5.86. The lowest BCUT2D eigenvalue weighted by atomic mass is 10.1. The van der Waals surface area contributed by atoms with Gasteiger partial charge in [-0.25, -0.2) is 0 Å². The van der Waals surface area contributed by atoms with E-state index >= 15 is 0 Å². The quantitative estimate of drug-likeness (QED) is 0.873. The summed E-state index contributed by atoms with van der Waals surface area (Å²) in [5, 5.41) is 0. The summed E-state index contributed by atoms with van der Waals surface area (Å²) in [6, 6.07) is 15.7. The summed E-state index contributed by atoms with van der Waals surface area (Å²) >= 11 is 3.39. The summed E-state index contributed by atoms with van der Waals surface area (Å²) < 4.78 is 6.70. The second kappa shape index (κ2) is 5.73. The molecule has 2 aromatic rings. The van der Waals surface area contributed by atoms with Crippen molar-refractivity contribution in [3.63, 3.8) is 0 Å². The van der Waals surface area contributed by atoms with Gasteiger partial charge in [0.1, 0.15) is 5.75 Å². The van der Waals surface area contributed by atoms with Crippen molar-refractivity contribution in [2.45, 2.75) is 6.42 Å². The molecule has 0 radical (unpaired) electrons. The van der Waals surface area contributed by atoms with E-state index in [0.29, 0.717) is 6.61 Å². The third kappa shape index (κ3) is 3.49. The third-order valence-corrected chi connectivity index (χ3v) is 3.04. The number of anilines is 1. The molecule has 3 heteroatoms. The Morgan fingerprint density at radius 1 is 1.00 bits per heavy atom. The maximum Gasteiger partial charge on any atom is 0.119 e. The summed E-state index contributed by atoms with van der Waals surface area (Å²) in [7, 11) is 0. The first-order valence-corrected chi connectivity index (χ1v) is 6.27. The SMILES string of the molecule is Nc1ccccc1CCOc1ccc(Br)cc1. The average molecular weight is 292 g/mol. The summed E-state index contributed by atoms with van der Waals surface area (Å²) in [4.78, 5) is 0. The van der Waals surface area contributed by atoms with Crippen molar-refractivity contribution in [2.24, 2.45) is 0 Å². The predicted octanol–water partition coefficient (Wildman–Crippen LogP) is 3.65. The number of para-hydroxylation sites is 1. The van der Waals surface area contributed by atoms with E-state index in [1.54, 1.807) is 0 Å². The lowest BCUT2D eigenvalue weighted by molar-refractivity contribution is 0.322.